The highest BCUT2D eigenvalue weighted by Gasteiger charge is 2.28. The first kappa shape index (κ1) is 24.0. The van der Waals surface area contributed by atoms with E-state index < -0.39 is 12.8 Å². The van der Waals surface area contributed by atoms with E-state index in [0.717, 1.165) is 24.1 Å². The van der Waals surface area contributed by atoms with Crippen molar-refractivity contribution < 1.29 is 17.9 Å². The molecular formula is C19H24F3IN4O. The maximum atomic E-state index is 12.1. The average Bonchev–Trinajstić information content (AvgIpc) is 2.64. The van der Waals surface area contributed by atoms with Gasteiger partial charge in [-0.25, -0.2) is 0 Å². The molecule has 1 aromatic carbocycles. The molecule has 0 saturated heterocycles. The second-order valence-electron chi connectivity index (χ2n) is 5.95. The number of rotatable bonds is 7. The van der Waals surface area contributed by atoms with Crippen molar-refractivity contribution in [3.8, 4) is 5.75 Å². The summed E-state index contributed by atoms with van der Waals surface area (Å²) < 4.78 is 41.1. The van der Waals surface area contributed by atoms with Crippen molar-refractivity contribution in [2.45, 2.75) is 26.1 Å². The van der Waals surface area contributed by atoms with E-state index in [9.17, 15) is 13.2 Å². The fraction of sp³-hybridized carbons (Fsp3) is 0.368. The summed E-state index contributed by atoms with van der Waals surface area (Å²) in [6, 6.07) is 8.46. The van der Waals surface area contributed by atoms with Crippen molar-refractivity contribution in [2.75, 3.05) is 20.2 Å². The molecule has 154 valence electrons. The summed E-state index contributed by atoms with van der Waals surface area (Å²) in [5.41, 5.74) is 3.28. The van der Waals surface area contributed by atoms with Crippen LogP contribution in [-0.2, 0) is 13.0 Å². The first-order valence-corrected chi connectivity index (χ1v) is 8.50. The smallest absolute Gasteiger partial charge is 0.422 e. The number of guanidine groups is 1. The highest BCUT2D eigenvalue weighted by Crippen LogP contribution is 2.18. The number of halogens is 4. The molecule has 2 aromatic rings. The number of aliphatic imine (C=N–C) groups is 1. The predicted octanol–water partition coefficient (Wildman–Crippen LogP) is 3.86. The second kappa shape index (κ2) is 11.7. The van der Waals surface area contributed by atoms with Crippen LogP contribution in [0.15, 0.2) is 47.7 Å². The second-order valence-corrected chi connectivity index (χ2v) is 5.95. The monoisotopic (exact) mass is 508 g/mol. The van der Waals surface area contributed by atoms with Crippen LogP contribution in [0.1, 0.15) is 16.7 Å². The summed E-state index contributed by atoms with van der Waals surface area (Å²) in [6.07, 6.45) is 0.121. The van der Waals surface area contributed by atoms with Gasteiger partial charge in [0.1, 0.15) is 5.75 Å². The van der Waals surface area contributed by atoms with Crippen molar-refractivity contribution in [1.29, 1.82) is 0 Å². The molecule has 0 bridgehead atoms. The van der Waals surface area contributed by atoms with Crippen molar-refractivity contribution >= 4 is 29.9 Å². The van der Waals surface area contributed by atoms with Crippen LogP contribution in [0, 0.1) is 6.92 Å². The van der Waals surface area contributed by atoms with E-state index in [4.69, 9.17) is 4.74 Å². The van der Waals surface area contributed by atoms with Gasteiger partial charge in [0.05, 0.1) is 0 Å². The number of nitrogens with one attached hydrogen (secondary N) is 2. The molecule has 0 atom stereocenters. The lowest BCUT2D eigenvalue weighted by molar-refractivity contribution is -0.153. The summed E-state index contributed by atoms with van der Waals surface area (Å²) >= 11 is 0. The fourth-order valence-electron chi connectivity index (χ4n) is 2.37. The van der Waals surface area contributed by atoms with E-state index in [1.54, 1.807) is 25.4 Å². The first-order valence-electron chi connectivity index (χ1n) is 8.50. The lowest BCUT2D eigenvalue weighted by Crippen LogP contribution is -2.37. The molecule has 9 heteroatoms. The Morgan fingerprint density at radius 3 is 2.46 bits per heavy atom. The van der Waals surface area contributed by atoms with Gasteiger partial charge in [0.25, 0.3) is 0 Å². The maximum Gasteiger partial charge on any atom is 0.422 e. The quantitative estimate of drug-likeness (QED) is 0.339. The van der Waals surface area contributed by atoms with Gasteiger partial charge in [-0.3, -0.25) is 9.98 Å². The van der Waals surface area contributed by atoms with Crippen LogP contribution < -0.4 is 15.4 Å². The fourth-order valence-corrected chi connectivity index (χ4v) is 2.37. The molecule has 0 amide bonds. The van der Waals surface area contributed by atoms with Crippen LogP contribution >= 0.6 is 24.0 Å². The molecule has 0 aliphatic carbocycles. The number of alkyl halides is 3. The molecular weight excluding hydrogens is 484 g/mol. The van der Waals surface area contributed by atoms with Crippen LogP contribution in [-0.4, -0.2) is 37.3 Å². The minimum absolute atomic E-state index is 0. The molecule has 0 radical (unpaired) electrons. The van der Waals surface area contributed by atoms with Gasteiger partial charge in [-0.2, -0.15) is 13.2 Å². The standard InChI is InChI=1S/C19H23F3N4O.HI/c1-14-11-24-9-7-16(14)8-10-25-18(23-2)26-12-15-3-5-17(6-4-15)27-13-19(20,21)22;/h3-7,9,11H,8,10,12-13H2,1-2H3,(H2,23,25,26);1H. The zero-order valence-electron chi connectivity index (χ0n) is 15.7. The number of benzene rings is 1. The van der Waals surface area contributed by atoms with Crippen molar-refractivity contribution in [3.63, 3.8) is 0 Å². The molecule has 0 aliphatic heterocycles. The first-order chi connectivity index (χ1) is 12.9. The van der Waals surface area contributed by atoms with Gasteiger partial charge in [-0.1, -0.05) is 12.1 Å². The molecule has 2 N–H and O–H groups in total. The van der Waals surface area contributed by atoms with Gasteiger partial charge in [-0.05, 0) is 48.2 Å². The van der Waals surface area contributed by atoms with Crippen molar-refractivity contribution in [3.05, 3.63) is 59.4 Å². The van der Waals surface area contributed by atoms with Crippen molar-refractivity contribution in [1.82, 2.24) is 15.6 Å². The number of hydrogen-bond acceptors (Lipinski definition) is 3. The Labute approximate surface area is 179 Å². The zero-order chi connectivity index (χ0) is 19.7. The van der Waals surface area contributed by atoms with Crippen molar-refractivity contribution in [2.24, 2.45) is 4.99 Å². The highest BCUT2D eigenvalue weighted by molar-refractivity contribution is 14.0. The Hall–Kier alpha value is -2.04. The summed E-state index contributed by atoms with van der Waals surface area (Å²) in [5, 5.41) is 6.40. The van der Waals surface area contributed by atoms with Gasteiger partial charge in [0, 0.05) is 32.5 Å². The highest BCUT2D eigenvalue weighted by atomic mass is 127. The van der Waals surface area contributed by atoms with Crippen LogP contribution in [0.4, 0.5) is 13.2 Å². The minimum Gasteiger partial charge on any atom is -0.484 e. The normalized spacial score (nSPS) is 11.5. The van der Waals surface area contributed by atoms with Crippen LogP contribution in [0.25, 0.3) is 0 Å². The molecule has 2 rings (SSSR count). The number of aryl methyl sites for hydroxylation is 1. The lowest BCUT2D eigenvalue weighted by Gasteiger charge is -2.13. The van der Waals surface area contributed by atoms with Gasteiger partial charge in [0.15, 0.2) is 12.6 Å². The maximum absolute atomic E-state index is 12.1. The van der Waals surface area contributed by atoms with E-state index >= 15 is 0 Å². The number of nitrogens with zero attached hydrogens (tertiary/aromatic N) is 2. The molecule has 1 aromatic heterocycles. The van der Waals surface area contributed by atoms with E-state index in [0.29, 0.717) is 12.5 Å². The molecule has 0 aliphatic rings. The number of hydrogen-bond donors (Lipinski definition) is 2. The largest absolute Gasteiger partial charge is 0.484 e. The molecule has 0 saturated carbocycles. The van der Waals surface area contributed by atoms with E-state index in [2.05, 4.69) is 20.6 Å². The van der Waals surface area contributed by atoms with Gasteiger partial charge >= 0.3 is 6.18 Å². The van der Waals surface area contributed by atoms with E-state index in [1.165, 1.54) is 17.7 Å². The van der Waals surface area contributed by atoms with Gasteiger partial charge < -0.3 is 15.4 Å². The Kier molecular flexibility index (Phi) is 10.0. The SMILES string of the molecule is CN=C(NCCc1ccncc1C)NCc1ccc(OCC(F)(F)F)cc1.I. The molecule has 0 fully saturated rings. The van der Waals surface area contributed by atoms with E-state index in [-0.39, 0.29) is 29.7 Å². The van der Waals surface area contributed by atoms with Crippen LogP contribution in [0.5, 0.6) is 5.75 Å². The summed E-state index contributed by atoms with van der Waals surface area (Å²) in [5.74, 6) is 0.838. The van der Waals surface area contributed by atoms with Crippen LogP contribution in [0.2, 0.25) is 0 Å². The molecule has 28 heavy (non-hydrogen) atoms. The molecule has 5 nitrogen and oxygen atoms in total. The molecule has 0 unspecified atom stereocenters. The van der Waals surface area contributed by atoms with Gasteiger partial charge in [0.2, 0.25) is 0 Å². The topological polar surface area (TPSA) is 58.5 Å². The van der Waals surface area contributed by atoms with Gasteiger partial charge in [-0.15, -0.1) is 24.0 Å². The van der Waals surface area contributed by atoms with E-state index in [1.807, 2.05) is 19.2 Å². The average molecular weight is 508 g/mol. The zero-order valence-corrected chi connectivity index (χ0v) is 18.0. The summed E-state index contributed by atoms with van der Waals surface area (Å²) in [4.78, 5) is 8.24. The Morgan fingerprint density at radius 1 is 1.14 bits per heavy atom. The number of pyridine rings is 1. The lowest BCUT2D eigenvalue weighted by atomic mass is 10.1. The third-order valence-electron chi connectivity index (χ3n) is 3.83. The predicted molar refractivity (Wildman–Crippen MR) is 114 cm³/mol. The Balaban J connectivity index is 0.00000392. The third-order valence-corrected chi connectivity index (χ3v) is 3.83. The number of aromatic nitrogens is 1. The van der Waals surface area contributed by atoms with Crippen LogP contribution in [0.3, 0.4) is 0 Å². The number of ether oxygens (including phenoxy) is 1. The molecule has 1 heterocycles. The third kappa shape index (κ3) is 8.77. The summed E-state index contributed by atoms with van der Waals surface area (Å²) in [7, 11) is 1.68. The Morgan fingerprint density at radius 2 is 1.86 bits per heavy atom. The Bertz CT molecular complexity index is 752. The molecule has 0 spiro atoms. The summed E-state index contributed by atoms with van der Waals surface area (Å²) in [6.45, 7) is 1.94. The minimum atomic E-state index is -4.34.